The van der Waals surface area contributed by atoms with Gasteiger partial charge in [-0.25, -0.2) is 0 Å². The highest BCUT2D eigenvalue weighted by molar-refractivity contribution is 5.78. The summed E-state index contributed by atoms with van der Waals surface area (Å²) in [6, 6.07) is 12.1. The number of phenolic OH excluding ortho intramolecular Hbond substituents is 1. The van der Waals surface area contributed by atoms with Gasteiger partial charge in [-0.15, -0.1) is 0 Å². The van der Waals surface area contributed by atoms with Crippen LogP contribution in [0.15, 0.2) is 57.9 Å². The molecule has 106 valence electrons. The summed E-state index contributed by atoms with van der Waals surface area (Å²) in [6.45, 7) is 0. The zero-order valence-electron chi connectivity index (χ0n) is 11.5. The average Bonchev–Trinajstić information content (AvgIpc) is 2.50. The summed E-state index contributed by atoms with van der Waals surface area (Å²) in [7, 11) is 1.61. The van der Waals surface area contributed by atoms with Crippen molar-refractivity contribution >= 4 is 11.0 Å². The maximum atomic E-state index is 12.4. The van der Waals surface area contributed by atoms with Gasteiger partial charge in [-0.3, -0.25) is 4.79 Å². The fourth-order valence-corrected chi connectivity index (χ4v) is 2.28. The van der Waals surface area contributed by atoms with E-state index in [4.69, 9.17) is 9.15 Å². The average molecular weight is 282 g/mol. The van der Waals surface area contributed by atoms with Gasteiger partial charge in [-0.1, -0.05) is 12.1 Å². The third kappa shape index (κ3) is 2.60. The number of rotatable bonds is 3. The molecule has 1 aromatic heterocycles. The van der Waals surface area contributed by atoms with Gasteiger partial charge in [0, 0.05) is 18.1 Å². The van der Waals surface area contributed by atoms with Crippen LogP contribution in [0.1, 0.15) is 11.1 Å². The molecule has 21 heavy (non-hydrogen) atoms. The second-order valence-electron chi connectivity index (χ2n) is 4.80. The molecule has 1 N–H and O–H groups in total. The molecular weight excluding hydrogens is 268 g/mol. The van der Waals surface area contributed by atoms with Gasteiger partial charge in [-0.05, 0) is 29.8 Å². The van der Waals surface area contributed by atoms with E-state index in [1.807, 2.05) is 24.3 Å². The second-order valence-corrected chi connectivity index (χ2v) is 4.80. The van der Waals surface area contributed by atoms with E-state index >= 15 is 0 Å². The number of phenols is 1. The second kappa shape index (κ2) is 5.32. The van der Waals surface area contributed by atoms with Crippen molar-refractivity contribution in [1.29, 1.82) is 0 Å². The zero-order valence-corrected chi connectivity index (χ0v) is 11.5. The molecular formula is C17H14O4. The van der Waals surface area contributed by atoms with Crippen LogP contribution in [0, 0.1) is 0 Å². The quantitative estimate of drug-likeness (QED) is 0.802. The van der Waals surface area contributed by atoms with Gasteiger partial charge in [0.15, 0.2) is 5.43 Å². The van der Waals surface area contributed by atoms with Crippen molar-refractivity contribution < 1.29 is 14.3 Å². The van der Waals surface area contributed by atoms with E-state index in [0.717, 1.165) is 11.3 Å². The van der Waals surface area contributed by atoms with E-state index in [0.29, 0.717) is 23.0 Å². The van der Waals surface area contributed by atoms with E-state index in [-0.39, 0.29) is 11.2 Å². The molecule has 0 aliphatic heterocycles. The van der Waals surface area contributed by atoms with Gasteiger partial charge in [0.1, 0.15) is 17.1 Å². The van der Waals surface area contributed by atoms with E-state index < -0.39 is 0 Å². The summed E-state index contributed by atoms with van der Waals surface area (Å²) in [6.07, 6.45) is 1.92. The van der Waals surface area contributed by atoms with Crippen LogP contribution >= 0.6 is 0 Å². The molecule has 0 amide bonds. The fourth-order valence-electron chi connectivity index (χ4n) is 2.28. The number of methoxy groups -OCH3 is 1. The van der Waals surface area contributed by atoms with Crippen molar-refractivity contribution in [3.05, 3.63) is 70.1 Å². The zero-order chi connectivity index (χ0) is 14.8. The molecule has 0 unspecified atom stereocenters. The Morgan fingerprint density at radius 1 is 1.19 bits per heavy atom. The molecule has 0 fully saturated rings. The predicted octanol–water partition coefficient (Wildman–Crippen LogP) is 3.10. The molecule has 3 rings (SSSR count). The molecule has 0 atom stereocenters. The smallest absolute Gasteiger partial charge is 0.196 e. The molecule has 3 aromatic rings. The van der Waals surface area contributed by atoms with E-state index in [2.05, 4.69) is 0 Å². The first-order valence-corrected chi connectivity index (χ1v) is 6.54. The van der Waals surface area contributed by atoms with Crippen molar-refractivity contribution in [3.8, 4) is 11.5 Å². The minimum Gasteiger partial charge on any atom is -0.508 e. The van der Waals surface area contributed by atoms with Gasteiger partial charge in [0.2, 0.25) is 0 Å². The Balaban J connectivity index is 2.03. The Hall–Kier alpha value is -2.75. The van der Waals surface area contributed by atoms with Crippen molar-refractivity contribution in [2.75, 3.05) is 7.11 Å². The van der Waals surface area contributed by atoms with Crippen LogP contribution in [-0.4, -0.2) is 12.2 Å². The van der Waals surface area contributed by atoms with Crippen LogP contribution < -0.4 is 10.2 Å². The summed E-state index contributed by atoms with van der Waals surface area (Å²) >= 11 is 0. The largest absolute Gasteiger partial charge is 0.508 e. The normalized spacial score (nSPS) is 10.7. The van der Waals surface area contributed by atoms with Crippen LogP contribution in [-0.2, 0) is 6.42 Å². The Morgan fingerprint density at radius 3 is 2.86 bits per heavy atom. The minimum atomic E-state index is -0.0842. The summed E-state index contributed by atoms with van der Waals surface area (Å²) in [5.74, 6) is 0.828. The van der Waals surface area contributed by atoms with Crippen LogP contribution in [0.5, 0.6) is 11.5 Å². The first-order chi connectivity index (χ1) is 10.2. The molecule has 0 spiro atoms. The standard InChI is InChI=1S/C17H14O4/c1-20-14-4-2-3-11(8-14)7-12-10-21-16-9-13(18)5-6-15(16)17(12)19/h2-6,8-10,18H,7H2,1H3. The number of hydrogen-bond acceptors (Lipinski definition) is 4. The van der Waals surface area contributed by atoms with Gasteiger partial charge in [0.05, 0.1) is 18.8 Å². The molecule has 4 nitrogen and oxygen atoms in total. The number of aromatic hydroxyl groups is 1. The lowest BCUT2D eigenvalue weighted by molar-refractivity contribution is 0.414. The molecule has 0 aliphatic rings. The van der Waals surface area contributed by atoms with Crippen molar-refractivity contribution in [1.82, 2.24) is 0 Å². The van der Waals surface area contributed by atoms with Gasteiger partial charge < -0.3 is 14.3 Å². The third-order valence-electron chi connectivity index (χ3n) is 3.36. The molecule has 0 bridgehead atoms. The Kier molecular flexibility index (Phi) is 3.36. The lowest BCUT2D eigenvalue weighted by Crippen LogP contribution is -2.09. The van der Waals surface area contributed by atoms with E-state index in [1.54, 1.807) is 13.2 Å². The van der Waals surface area contributed by atoms with Crippen LogP contribution in [0.3, 0.4) is 0 Å². The maximum absolute atomic E-state index is 12.4. The Labute approximate surface area is 121 Å². The number of ether oxygens (including phenoxy) is 1. The first-order valence-electron chi connectivity index (χ1n) is 6.54. The topological polar surface area (TPSA) is 59.7 Å². The Bertz CT molecular complexity index is 849. The first kappa shape index (κ1) is 13.2. The van der Waals surface area contributed by atoms with Gasteiger partial charge in [0.25, 0.3) is 0 Å². The molecule has 4 heteroatoms. The summed E-state index contributed by atoms with van der Waals surface area (Å²) in [5.41, 5.74) is 1.84. The molecule has 0 radical (unpaired) electrons. The summed E-state index contributed by atoms with van der Waals surface area (Å²) in [5, 5.41) is 9.87. The number of benzene rings is 2. The van der Waals surface area contributed by atoms with Crippen LogP contribution in [0.25, 0.3) is 11.0 Å². The monoisotopic (exact) mass is 282 g/mol. The number of hydrogen-bond donors (Lipinski definition) is 1. The van der Waals surface area contributed by atoms with E-state index in [9.17, 15) is 9.90 Å². The van der Waals surface area contributed by atoms with Gasteiger partial charge in [-0.2, -0.15) is 0 Å². The maximum Gasteiger partial charge on any atom is 0.196 e. The van der Waals surface area contributed by atoms with Crippen molar-refractivity contribution in [3.63, 3.8) is 0 Å². The summed E-state index contributed by atoms with van der Waals surface area (Å²) in [4.78, 5) is 12.4. The van der Waals surface area contributed by atoms with Gasteiger partial charge >= 0.3 is 0 Å². The fraction of sp³-hybridized carbons (Fsp3) is 0.118. The highest BCUT2D eigenvalue weighted by Gasteiger charge is 2.08. The lowest BCUT2D eigenvalue weighted by atomic mass is 10.0. The highest BCUT2D eigenvalue weighted by Crippen LogP contribution is 2.20. The Morgan fingerprint density at radius 2 is 2.05 bits per heavy atom. The predicted molar refractivity (Wildman–Crippen MR) is 79.9 cm³/mol. The van der Waals surface area contributed by atoms with Crippen LogP contribution in [0.2, 0.25) is 0 Å². The third-order valence-corrected chi connectivity index (χ3v) is 3.36. The van der Waals surface area contributed by atoms with E-state index in [1.165, 1.54) is 18.4 Å². The SMILES string of the molecule is COc1cccc(Cc2coc3cc(O)ccc3c2=O)c1. The van der Waals surface area contributed by atoms with Crippen molar-refractivity contribution in [2.45, 2.75) is 6.42 Å². The number of fused-ring (bicyclic) bond motifs is 1. The molecule has 0 aliphatic carbocycles. The highest BCUT2D eigenvalue weighted by atomic mass is 16.5. The molecule has 0 saturated carbocycles. The molecule has 2 aromatic carbocycles. The van der Waals surface area contributed by atoms with Crippen LogP contribution in [0.4, 0.5) is 0 Å². The minimum absolute atomic E-state index is 0.0752. The molecule has 1 heterocycles. The summed E-state index contributed by atoms with van der Waals surface area (Å²) < 4.78 is 10.6. The lowest BCUT2D eigenvalue weighted by Gasteiger charge is -2.05. The molecule has 0 saturated heterocycles. The van der Waals surface area contributed by atoms with Crippen molar-refractivity contribution in [2.24, 2.45) is 0 Å².